The van der Waals surface area contributed by atoms with Gasteiger partial charge in [-0.25, -0.2) is 4.39 Å². The molecule has 0 spiro atoms. The molecule has 0 radical (unpaired) electrons. The molecule has 0 aliphatic carbocycles. The first-order chi connectivity index (χ1) is 13.3. The standard InChI is InChI=1S/C17H12F2N4O4S/c1-9(15(24)20-10-6-7-13(19)14(8-10)23(25)26)28-17-22-21-16(27-17)11-4-2-3-5-12(11)18/h2-9H,1H3,(H,20,24)/t9-/m1/s1. The van der Waals surface area contributed by atoms with Crippen molar-refractivity contribution in [3.05, 3.63) is 64.2 Å². The van der Waals surface area contributed by atoms with Gasteiger partial charge in [-0.3, -0.25) is 14.9 Å². The van der Waals surface area contributed by atoms with Gasteiger partial charge in [-0.1, -0.05) is 23.9 Å². The highest BCUT2D eigenvalue weighted by atomic mass is 32.2. The molecule has 2 aromatic carbocycles. The van der Waals surface area contributed by atoms with Crippen LogP contribution in [0.4, 0.5) is 20.2 Å². The molecule has 1 amide bonds. The number of hydrogen-bond donors (Lipinski definition) is 1. The summed E-state index contributed by atoms with van der Waals surface area (Å²) in [5.41, 5.74) is -0.537. The van der Waals surface area contributed by atoms with Crippen molar-refractivity contribution in [2.45, 2.75) is 17.4 Å². The van der Waals surface area contributed by atoms with Crippen LogP contribution in [0.2, 0.25) is 0 Å². The quantitative estimate of drug-likeness (QED) is 0.373. The third-order valence-electron chi connectivity index (χ3n) is 3.57. The van der Waals surface area contributed by atoms with Crippen LogP contribution in [-0.4, -0.2) is 26.3 Å². The van der Waals surface area contributed by atoms with E-state index >= 15 is 0 Å². The van der Waals surface area contributed by atoms with Gasteiger partial charge >= 0.3 is 5.69 Å². The smallest absolute Gasteiger partial charge is 0.306 e. The van der Waals surface area contributed by atoms with E-state index in [0.29, 0.717) is 0 Å². The van der Waals surface area contributed by atoms with Crippen LogP contribution in [0.1, 0.15) is 6.92 Å². The van der Waals surface area contributed by atoms with Gasteiger partial charge in [0, 0.05) is 11.8 Å². The van der Waals surface area contributed by atoms with Gasteiger partial charge < -0.3 is 9.73 Å². The summed E-state index contributed by atoms with van der Waals surface area (Å²) in [7, 11) is 0. The Morgan fingerprint density at radius 1 is 1.21 bits per heavy atom. The number of halogens is 2. The molecule has 0 fully saturated rings. The van der Waals surface area contributed by atoms with Crippen LogP contribution in [-0.2, 0) is 4.79 Å². The molecular formula is C17H12F2N4O4S. The van der Waals surface area contributed by atoms with E-state index < -0.39 is 33.4 Å². The van der Waals surface area contributed by atoms with Gasteiger partial charge in [-0.05, 0) is 31.2 Å². The Bertz CT molecular complexity index is 1040. The van der Waals surface area contributed by atoms with Crippen LogP contribution in [0, 0.1) is 21.7 Å². The SMILES string of the molecule is C[C@@H](Sc1nnc(-c2ccccc2F)o1)C(=O)Nc1ccc(F)c([N+](=O)[O-])c1. The van der Waals surface area contributed by atoms with Crippen molar-refractivity contribution in [1.82, 2.24) is 10.2 Å². The maximum absolute atomic E-state index is 13.8. The Balaban J connectivity index is 1.68. The van der Waals surface area contributed by atoms with E-state index in [9.17, 15) is 23.7 Å². The average Bonchev–Trinajstić information content (AvgIpc) is 3.11. The van der Waals surface area contributed by atoms with Gasteiger partial charge in [0.1, 0.15) is 5.82 Å². The second-order valence-electron chi connectivity index (χ2n) is 5.53. The number of nitro groups is 1. The van der Waals surface area contributed by atoms with Crippen LogP contribution < -0.4 is 5.32 Å². The van der Waals surface area contributed by atoms with Crippen molar-refractivity contribution >= 4 is 29.0 Å². The zero-order valence-electron chi connectivity index (χ0n) is 14.3. The molecule has 0 unspecified atom stereocenters. The van der Waals surface area contributed by atoms with Crippen LogP contribution in [0.15, 0.2) is 52.1 Å². The van der Waals surface area contributed by atoms with Crippen LogP contribution in [0.3, 0.4) is 0 Å². The summed E-state index contributed by atoms with van der Waals surface area (Å²) in [6.45, 7) is 1.55. The maximum Gasteiger partial charge on any atom is 0.306 e. The Morgan fingerprint density at radius 2 is 1.96 bits per heavy atom. The lowest BCUT2D eigenvalue weighted by Gasteiger charge is -2.09. The second kappa shape index (κ2) is 8.13. The van der Waals surface area contributed by atoms with Gasteiger partial charge in [0.2, 0.25) is 11.7 Å². The third-order valence-corrected chi connectivity index (χ3v) is 4.50. The zero-order chi connectivity index (χ0) is 20.3. The van der Waals surface area contributed by atoms with Crippen molar-refractivity contribution in [2.24, 2.45) is 0 Å². The number of hydrogen-bond acceptors (Lipinski definition) is 7. The van der Waals surface area contributed by atoms with Crippen molar-refractivity contribution in [2.75, 3.05) is 5.32 Å². The summed E-state index contributed by atoms with van der Waals surface area (Å²) in [6, 6.07) is 8.90. The number of nitro benzene ring substituents is 1. The number of carbonyl (C=O) groups is 1. The Morgan fingerprint density at radius 3 is 2.68 bits per heavy atom. The first kappa shape index (κ1) is 19.4. The van der Waals surface area contributed by atoms with Crippen molar-refractivity contribution < 1.29 is 22.9 Å². The molecule has 8 nitrogen and oxygen atoms in total. The van der Waals surface area contributed by atoms with Gasteiger partial charge in [-0.2, -0.15) is 4.39 Å². The zero-order valence-corrected chi connectivity index (χ0v) is 15.1. The minimum atomic E-state index is -1.00. The highest BCUT2D eigenvalue weighted by Gasteiger charge is 2.21. The molecule has 1 aromatic heterocycles. The number of benzene rings is 2. The fourth-order valence-corrected chi connectivity index (χ4v) is 2.86. The van der Waals surface area contributed by atoms with Gasteiger partial charge in [0.25, 0.3) is 11.1 Å². The molecule has 0 aliphatic rings. The molecule has 28 heavy (non-hydrogen) atoms. The Labute approximate surface area is 161 Å². The molecule has 3 rings (SSSR count). The number of aromatic nitrogens is 2. The predicted octanol–water partition coefficient (Wildman–Crippen LogP) is 4.04. The van der Waals surface area contributed by atoms with Crippen molar-refractivity contribution in [3.63, 3.8) is 0 Å². The fourth-order valence-electron chi connectivity index (χ4n) is 2.18. The molecular weight excluding hydrogens is 394 g/mol. The summed E-state index contributed by atoms with van der Waals surface area (Å²) >= 11 is 0.923. The summed E-state index contributed by atoms with van der Waals surface area (Å²) < 4.78 is 32.5. The van der Waals surface area contributed by atoms with E-state index in [0.717, 1.165) is 23.9 Å². The molecule has 3 aromatic rings. The first-order valence-corrected chi connectivity index (χ1v) is 8.73. The molecule has 11 heteroatoms. The number of rotatable bonds is 6. The molecule has 144 valence electrons. The molecule has 1 N–H and O–H groups in total. The highest BCUT2D eigenvalue weighted by molar-refractivity contribution is 8.00. The van der Waals surface area contributed by atoms with Gasteiger partial charge in [0.15, 0.2) is 0 Å². The summed E-state index contributed by atoms with van der Waals surface area (Å²) in [5.74, 6) is -2.07. The summed E-state index contributed by atoms with van der Waals surface area (Å²) in [5, 5.41) is 20.1. The molecule has 0 saturated heterocycles. The minimum Gasteiger partial charge on any atom is -0.411 e. The first-order valence-electron chi connectivity index (χ1n) is 7.85. The fraction of sp³-hybridized carbons (Fsp3) is 0.118. The van der Waals surface area contributed by atoms with Gasteiger partial charge in [0.05, 0.1) is 15.7 Å². The van der Waals surface area contributed by atoms with E-state index in [4.69, 9.17) is 4.42 Å². The van der Waals surface area contributed by atoms with E-state index in [1.54, 1.807) is 13.0 Å². The molecule has 1 atom stereocenters. The molecule has 0 saturated carbocycles. The van der Waals surface area contributed by atoms with Crippen LogP contribution >= 0.6 is 11.8 Å². The van der Waals surface area contributed by atoms with Crippen LogP contribution in [0.25, 0.3) is 11.5 Å². The number of anilines is 1. The minimum absolute atomic E-state index is 0.0256. The highest BCUT2D eigenvalue weighted by Crippen LogP contribution is 2.28. The largest absolute Gasteiger partial charge is 0.411 e. The summed E-state index contributed by atoms with van der Waals surface area (Å²) in [6.07, 6.45) is 0. The molecule has 1 heterocycles. The number of amides is 1. The normalized spacial score (nSPS) is 11.8. The van der Waals surface area contributed by atoms with E-state index in [2.05, 4.69) is 15.5 Å². The number of nitrogens with zero attached hydrogens (tertiary/aromatic N) is 3. The van der Waals surface area contributed by atoms with E-state index in [1.165, 1.54) is 24.3 Å². The van der Waals surface area contributed by atoms with E-state index in [-0.39, 0.29) is 22.4 Å². The maximum atomic E-state index is 13.8. The summed E-state index contributed by atoms with van der Waals surface area (Å²) in [4.78, 5) is 22.2. The van der Waals surface area contributed by atoms with Crippen molar-refractivity contribution in [1.29, 1.82) is 0 Å². The Kier molecular flexibility index (Phi) is 5.64. The Hall–Kier alpha value is -3.34. The topological polar surface area (TPSA) is 111 Å². The molecule has 0 bridgehead atoms. The van der Waals surface area contributed by atoms with E-state index in [1.807, 2.05) is 0 Å². The van der Waals surface area contributed by atoms with Crippen LogP contribution in [0.5, 0.6) is 0 Å². The number of thioether (sulfide) groups is 1. The van der Waals surface area contributed by atoms with Gasteiger partial charge in [-0.15, -0.1) is 10.2 Å². The molecule has 0 aliphatic heterocycles. The predicted molar refractivity (Wildman–Crippen MR) is 96.7 cm³/mol. The second-order valence-corrected chi connectivity index (χ2v) is 6.82. The lowest BCUT2D eigenvalue weighted by Crippen LogP contribution is -2.22. The number of nitrogens with one attached hydrogen (secondary N) is 1. The number of carbonyl (C=O) groups excluding carboxylic acids is 1. The average molecular weight is 406 g/mol. The monoisotopic (exact) mass is 406 g/mol. The lowest BCUT2D eigenvalue weighted by molar-refractivity contribution is -0.387. The lowest BCUT2D eigenvalue weighted by atomic mass is 10.2. The third kappa shape index (κ3) is 4.31. The van der Waals surface area contributed by atoms with Crippen molar-refractivity contribution in [3.8, 4) is 11.5 Å².